The maximum atomic E-state index is 12.6. The highest BCUT2D eigenvalue weighted by Gasteiger charge is 2.11. The van der Waals surface area contributed by atoms with Crippen LogP contribution in [0, 0.1) is 0 Å². The molecule has 0 saturated carbocycles. The van der Waals surface area contributed by atoms with Gasteiger partial charge in [-0.2, -0.15) is 0 Å². The monoisotopic (exact) mass is 348 g/mol. The molecule has 0 spiro atoms. The van der Waals surface area contributed by atoms with Crippen molar-refractivity contribution in [2.24, 2.45) is 0 Å². The molecule has 0 fully saturated rings. The van der Waals surface area contributed by atoms with Crippen molar-refractivity contribution in [1.29, 1.82) is 0 Å². The number of amides is 1. The molecule has 0 aliphatic rings. The third kappa shape index (κ3) is 4.69. The molecule has 0 unspecified atom stereocenters. The Morgan fingerprint density at radius 2 is 1.92 bits per heavy atom. The number of hydrogen-bond donors (Lipinski definition) is 2. The second kappa shape index (κ2) is 9.03. The smallest absolute Gasteiger partial charge is 0.261 e. The molecule has 0 saturated heterocycles. The fourth-order valence-corrected chi connectivity index (χ4v) is 2.47. The quantitative estimate of drug-likeness (QED) is 0.642. The van der Waals surface area contributed by atoms with Crippen molar-refractivity contribution in [3.05, 3.63) is 28.8 Å². The van der Waals surface area contributed by atoms with E-state index in [1.165, 1.54) is 25.1 Å². The van der Waals surface area contributed by atoms with Gasteiger partial charge >= 0.3 is 0 Å². The molecule has 1 aromatic carbocycles. The van der Waals surface area contributed by atoms with Crippen LogP contribution < -0.4 is 25.7 Å². The molecule has 1 aromatic heterocycles. The topological polar surface area (TPSA) is 94.5 Å². The minimum Gasteiger partial charge on any atom is -0.493 e. The van der Waals surface area contributed by atoms with Gasteiger partial charge in [0.25, 0.3) is 5.56 Å². The fourth-order valence-electron chi connectivity index (χ4n) is 2.47. The molecule has 0 aliphatic heterocycles. The number of nitrogens with one attached hydrogen (secondary N) is 2. The highest BCUT2D eigenvalue weighted by molar-refractivity contribution is 5.81. The van der Waals surface area contributed by atoms with Crippen LogP contribution in [0.1, 0.15) is 12.8 Å². The Morgan fingerprint density at radius 1 is 1.20 bits per heavy atom. The van der Waals surface area contributed by atoms with Gasteiger partial charge in [-0.1, -0.05) is 0 Å². The molecular weight excluding hydrogens is 324 g/mol. The SMILES string of the molecule is CNCCNC(=O)CCCn1cnc2cc(OC)c(OC)cc2c1=O. The lowest BCUT2D eigenvalue weighted by Gasteiger charge is -2.10. The van der Waals surface area contributed by atoms with Crippen molar-refractivity contribution in [1.82, 2.24) is 20.2 Å². The summed E-state index contributed by atoms with van der Waals surface area (Å²) in [6, 6.07) is 3.31. The number of rotatable bonds is 9. The highest BCUT2D eigenvalue weighted by Crippen LogP contribution is 2.29. The first kappa shape index (κ1) is 18.7. The Hall–Kier alpha value is -2.61. The zero-order valence-electron chi connectivity index (χ0n) is 14.8. The molecule has 0 bridgehead atoms. The first-order chi connectivity index (χ1) is 12.1. The summed E-state index contributed by atoms with van der Waals surface area (Å²) in [6.45, 7) is 1.75. The third-order valence-corrected chi connectivity index (χ3v) is 3.83. The summed E-state index contributed by atoms with van der Waals surface area (Å²) in [5.74, 6) is 0.983. The Morgan fingerprint density at radius 3 is 2.60 bits per heavy atom. The predicted molar refractivity (Wildman–Crippen MR) is 95.3 cm³/mol. The Labute approximate surface area is 146 Å². The summed E-state index contributed by atoms with van der Waals surface area (Å²) in [6.07, 6.45) is 2.42. The average Bonchev–Trinajstić information content (AvgIpc) is 2.63. The zero-order valence-corrected chi connectivity index (χ0v) is 14.8. The maximum Gasteiger partial charge on any atom is 0.261 e. The Kier molecular flexibility index (Phi) is 6.76. The highest BCUT2D eigenvalue weighted by atomic mass is 16.5. The van der Waals surface area contributed by atoms with E-state index in [-0.39, 0.29) is 11.5 Å². The number of aryl methyl sites for hydroxylation is 1. The molecule has 2 rings (SSSR count). The lowest BCUT2D eigenvalue weighted by Crippen LogP contribution is -2.30. The van der Waals surface area contributed by atoms with Crippen LogP contribution in [0.3, 0.4) is 0 Å². The number of benzene rings is 1. The lowest BCUT2D eigenvalue weighted by atomic mass is 10.2. The Balaban J connectivity index is 2.08. The minimum atomic E-state index is -0.165. The number of fused-ring (bicyclic) bond motifs is 1. The van der Waals surface area contributed by atoms with E-state index in [2.05, 4.69) is 15.6 Å². The van der Waals surface area contributed by atoms with Crippen molar-refractivity contribution < 1.29 is 14.3 Å². The molecule has 2 N–H and O–H groups in total. The number of aromatic nitrogens is 2. The van der Waals surface area contributed by atoms with Crippen molar-refractivity contribution in [2.75, 3.05) is 34.4 Å². The van der Waals surface area contributed by atoms with E-state index in [1.54, 1.807) is 12.1 Å². The molecule has 8 heteroatoms. The molecule has 8 nitrogen and oxygen atoms in total. The average molecular weight is 348 g/mol. The van der Waals surface area contributed by atoms with Gasteiger partial charge < -0.3 is 20.1 Å². The van der Waals surface area contributed by atoms with E-state index >= 15 is 0 Å². The number of carbonyl (C=O) groups excluding carboxylic acids is 1. The molecule has 136 valence electrons. The van der Waals surface area contributed by atoms with Gasteiger partial charge in [-0.15, -0.1) is 0 Å². The molecule has 0 aliphatic carbocycles. The van der Waals surface area contributed by atoms with Gasteiger partial charge in [0.05, 0.1) is 31.4 Å². The first-order valence-corrected chi connectivity index (χ1v) is 8.13. The van der Waals surface area contributed by atoms with Crippen LogP contribution >= 0.6 is 0 Å². The third-order valence-electron chi connectivity index (χ3n) is 3.83. The van der Waals surface area contributed by atoms with Crippen LogP contribution in [0.4, 0.5) is 0 Å². The van der Waals surface area contributed by atoms with Crippen LogP contribution in [0.25, 0.3) is 10.9 Å². The minimum absolute atomic E-state index is 0.0246. The summed E-state index contributed by atoms with van der Waals surface area (Å²) in [5.41, 5.74) is 0.380. The summed E-state index contributed by atoms with van der Waals surface area (Å²) < 4.78 is 12.0. The van der Waals surface area contributed by atoms with E-state index in [4.69, 9.17) is 9.47 Å². The number of methoxy groups -OCH3 is 2. The van der Waals surface area contributed by atoms with Gasteiger partial charge in [0.1, 0.15) is 0 Å². The molecule has 25 heavy (non-hydrogen) atoms. The van der Waals surface area contributed by atoms with Gasteiger partial charge in [-0.25, -0.2) is 4.98 Å². The van der Waals surface area contributed by atoms with Crippen molar-refractivity contribution in [3.63, 3.8) is 0 Å². The van der Waals surface area contributed by atoms with Crippen LogP contribution in [-0.2, 0) is 11.3 Å². The number of nitrogens with zero attached hydrogens (tertiary/aromatic N) is 2. The standard InChI is InChI=1S/C17H24N4O4/c1-18-6-7-19-16(22)5-4-8-21-11-20-13-10-15(25-3)14(24-2)9-12(13)17(21)23/h9-11,18H,4-8H2,1-3H3,(H,19,22). The lowest BCUT2D eigenvalue weighted by molar-refractivity contribution is -0.121. The summed E-state index contributed by atoms with van der Waals surface area (Å²) in [4.78, 5) is 28.6. The normalized spacial score (nSPS) is 10.7. The Bertz CT molecular complexity index is 788. The molecule has 0 atom stereocenters. The molecule has 1 amide bonds. The first-order valence-electron chi connectivity index (χ1n) is 8.13. The summed E-state index contributed by atoms with van der Waals surface area (Å²) in [7, 11) is 4.88. The van der Waals surface area contributed by atoms with Gasteiger partial charge in [-0.05, 0) is 19.5 Å². The second-order valence-corrected chi connectivity index (χ2v) is 5.52. The summed E-state index contributed by atoms with van der Waals surface area (Å²) >= 11 is 0. The van der Waals surface area contributed by atoms with Crippen molar-refractivity contribution in [2.45, 2.75) is 19.4 Å². The van der Waals surface area contributed by atoms with E-state index in [1.807, 2.05) is 7.05 Å². The van der Waals surface area contributed by atoms with Crippen LogP contribution in [0.2, 0.25) is 0 Å². The van der Waals surface area contributed by atoms with Gasteiger partial charge in [0.2, 0.25) is 5.91 Å². The van der Waals surface area contributed by atoms with E-state index in [0.29, 0.717) is 48.3 Å². The predicted octanol–water partition coefficient (Wildman–Crippen LogP) is 0.529. The van der Waals surface area contributed by atoms with E-state index < -0.39 is 0 Å². The second-order valence-electron chi connectivity index (χ2n) is 5.52. The number of carbonyl (C=O) groups is 1. The number of hydrogen-bond acceptors (Lipinski definition) is 6. The van der Waals surface area contributed by atoms with E-state index in [9.17, 15) is 9.59 Å². The zero-order chi connectivity index (χ0) is 18.2. The van der Waals surface area contributed by atoms with Gasteiger partial charge in [-0.3, -0.25) is 14.2 Å². The van der Waals surface area contributed by atoms with Crippen molar-refractivity contribution in [3.8, 4) is 11.5 Å². The van der Waals surface area contributed by atoms with Gasteiger partial charge in [0.15, 0.2) is 11.5 Å². The maximum absolute atomic E-state index is 12.6. The van der Waals surface area contributed by atoms with Crippen LogP contribution in [0.15, 0.2) is 23.3 Å². The van der Waals surface area contributed by atoms with Crippen molar-refractivity contribution >= 4 is 16.8 Å². The molecule has 2 aromatic rings. The largest absolute Gasteiger partial charge is 0.493 e. The molecule has 0 radical (unpaired) electrons. The number of likely N-dealkylation sites (N-methyl/N-ethyl adjacent to an activating group) is 1. The number of ether oxygens (including phenoxy) is 2. The van der Waals surface area contributed by atoms with Crippen LogP contribution in [-0.4, -0.2) is 49.8 Å². The van der Waals surface area contributed by atoms with E-state index in [0.717, 1.165) is 6.54 Å². The fraction of sp³-hybridized carbons (Fsp3) is 0.471. The molecular formula is C17H24N4O4. The summed E-state index contributed by atoms with van der Waals surface area (Å²) in [5, 5.41) is 6.22. The molecule has 1 heterocycles. The van der Waals surface area contributed by atoms with Gasteiger partial charge in [0, 0.05) is 32.1 Å². The van der Waals surface area contributed by atoms with Crippen LogP contribution in [0.5, 0.6) is 11.5 Å².